The Labute approximate surface area is 120 Å². The minimum Gasteiger partial charge on any atom is -0.308 e. The molecule has 0 aromatic carbocycles. The first-order valence-corrected chi connectivity index (χ1v) is 6.99. The fourth-order valence-corrected chi connectivity index (χ4v) is 1.88. The fourth-order valence-electron chi connectivity index (χ4n) is 1.88. The molecule has 0 saturated heterocycles. The van der Waals surface area contributed by atoms with Crippen LogP contribution in [0.2, 0.25) is 0 Å². The molecule has 0 radical (unpaired) electrons. The van der Waals surface area contributed by atoms with Gasteiger partial charge in [0.25, 0.3) is 0 Å². The maximum absolute atomic E-state index is 4.48. The lowest BCUT2D eigenvalue weighted by atomic mass is 10.1. The average Bonchev–Trinajstić information content (AvgIpc) is 2.45. The van der Waals surface area contributed by atoms with Gasteiger partial charge in [0.2, 0.25) is 0 Å². The van der Waals surface area contributed by atoms with Gasteiger partial charge in [-0.15, -0.1) is 0 Å². The van der Waals surface area contributed by atoms with Crippen LogP contribution in [0.25, 0.3) is 11.4 Å². The molecule has 2 aromatic rings. The number of hydrogen-bond acceptors (Lipinski definition) is 4. The van der Waals surface area contributed by atoms with Gasteiger partial charge in [0.05, 0.1) is 0 Å². The minimum atomic E-state index is 0.0964. The summed E-state index contributed by atoms with van der Waals surface area (Å²) >= 11 is 0. The zero-order valence-corrected chi connectivity index (χ0v) is 12.6. The Morgan fingerprint density at radius 3 is 2.40 bits per heavy atom. The molecule has 0 aliphatic carbocycles. The maximum Gasteiger partial charge on any atom is 0.159 e. The van der Waals surface area contributed by atoms with Crippen molar-refractivity contribution in [1.82, 2.24) is 20.3 Å². The molecule has 2 aromatic heterocycles. The second-order valence-electron chi connectivity index (χ2n) is 5.90. The molecule has 2 heterocycles. The molecular formula is C16H22N4. The number of rotatable bonds is 4. The molecule has 1 N–H and O–H groups in total. The van der Waals surface area contributed by atoms with Crippen molar-refractivity contribution >= 4 is 0 Å². The summed E-state index contributed by atoms with van der Waals surface area (Å²) in [6, 6.07) is 1.97. The zero-order valence-electron chi connectivity index (χ0n) is 12.6. The van der Waals surface area contributed by atoms with Gasteiger partial charge in [0, 0.05) is 48.0 Å². The summed E-state index contributed by atoms with van der Waals surface area (Å²) in [5.41, 5.74) is 3.43. The molecule has 0 unspecified atom stereocenters. The smallest absolute Gasteiger partial charge is 0.159 e. The van der Waals surface area contributed by atoms with Gasteiger partial charge in [-0.3, -0.25) is 4.98 Å². The van der Waals surface area contributed by atoms with Crippen LogP contribution in [-0.2, 0) is 13.0 Å². The summed E-state index contributed by atoms with van der Waals surface area (Å²) in [5.74, 6) is 0.767. The van der Waals surface area contributed by atoms with E-state index >= 15 is 0 Å². The number of aromatic nitrogens is 3. The minimum absolute atomic E-state index is 0.0964. The standard InChI is InChI=1S/C16H22N4/c1-5-13-11-17-7-6-14(13)15-18-8-12(9-19-15)10-20-16(2,3)4/h6-9,11,20H,5,10H2,1-4H3. The Morgan fingerprint density at radius 2 is 1.80 bits per heavy atom. The van der Waals surface area contributed by atoms with Crippen molar-refractivity contribution in [3.8, 4) is 11.4 Å². The number of nitrogens with zero attached hydrogens (tertiary/aromatic N) is 3. The van der Waals surface area contributed by atoms with Crippen molar-refractivity contribution in [2.75, 3.05) is 0 Å². The molecule has 0 amide bonds. The van der Waals surface area contributed by atoms with Gasteiger partial charge in [-0.05, 0) is 38.8 Å². The lowest BCUT2D eigenvalue weighted by Gasteiger charge is -2.20. The predicted octanol–water partition coefficient (Wildman–Crippen LogP) is 2.99. The largest absolute Gasteiger partial charge is 0.308 e. The van der Waals surface area contributed by atoms with E-state index in [2.05, 4.69) is 48.0 Å². The lowest BCUT2D eigenvalue weighted by Crippen LogP contribution is -2.35. The highest BCUT2D eigenvalue weighted by Gasteiger charge is 2.10. The second-order valence-corrected chi connectivity index (χ2v) is 5.90. The van der Waals surface area contributed by atoms with E-state index < -0.39 is 0 Å². The Morgan fingerprint density at radius 1 is 1.10 bits per heavy atom. The molecule has 0 aliphatic rings. The third kappa shape index (κ3) is 3.84. The van der Waals surface area contributed by atoms with Crippen LogP contribution in [-0.4, -0.2) is 20.5 Å². The fraction of sp³-hybridized carbons (Fsp3) is 0.438. The number of pyridine rings is 1. The molecule has 2 rings (SSSR count). The second kappa shape index (κ2) is 6.09. The van der Waals surface area contributed by atoms with Gasteiger partial charge < -0.3 is 5.32 Å². The first kappa shape index (κ1) is 14.6. The lowest BCUT2D eigenvalue weighted by molar-refractivity contribution is 0.423. The number of nitrogens with one attached hydrogen (secondary N) is 1. The first-order valence-electron chi connectivity index (χ1n) is 6.99. The summed E-state index contributed by atoms with van der Waals surface area (Å²) in [6.45, 7) is 9.33. The predicted molar refractivity (Wildman–Crippen MR) is 81.2 cm³/mol. The van der Waals surface area contributed by atoms with Crippen molar-refractivity contribution in [3.05, 3.63) is 42.0 Å². The molecule has 4 heteroatoms. The highest BCUT2D eigenvalue weighted by atomic mass is 15.0. The monoisotopic (exact) mass is 270 g/mol. The number of aryl methyl sites for hydroxylation is 1. The van der Waals surface area contributed by atoms with Crippen molar-refractivity contribution in [1.29, 1.82) is 0 Å². The zero-order chi connectivity index (χ0) is 14.6. The first-order chi connectivity index (χ1) is 9.49. The Hall–Kier alpha value is -1.81. The van der Waals surface area contributed by atoms with E-state index in [1.165, 1.54) is 5.56 Å². The van der Waals surface area contributed by atoms with Crippen molar-refractivity contribution < 1.29 is 0 Å². The molecule has 4 nitrogen and oxygen atoms in total. The van der Waals surface area contributed by atoms with Crippen LogP contribution in [0.4, 0.5) is 0 Å². The third-order valence-corrected chi connectivity index (χ3v) is 3.05. The van der Waals surface area contributed by atoms with E-state index in [-0.39, 0.29) is 5.54 Å². The van der Waals surface area contributed by atoms with Gasteiger partial charge in [-0.1, -0.05) is 6.92 Å². The Balaban J connectivity index is 2.16. The van der Waals surface area contributed by atoms with E-state index in [0.717, 1.165) is 29.9 Å². The van der Waals surface area contributed by atoms with Crippen LogP contribution >= 0.6 is 0 Å². The quantitative estimate of drug-likeness (QED) is 0.928. The van der Waals surface area contributed by atoms with Crippen LogP contribution in [0.15, 0.2) is 30.9 Å². The van der Waals surface area contributed by atoms with E-state index in [0.29, 0.717) is 0 Å². The van der Waals surface area contributed by atoms with Crippen LogP contribution < -0.4 is 5.32 Å². The van der Waals surface area contributed by atoms with Crippen LogP contribution in [0.5, 0.6) is 0 Å². The van der Waals surface area contributed by atoms with Crippen LogP contribution in [0.1, 0.15) is 38.8 Å². The highest BCUT2D eigenvalue weighted by molar-refractivity contribution is 5.58. The average molecular weight is 270 g/mol. The molecule has 0 saturated carbocycles. The van der Waals surface area contributed by atoms with Crippen molar-refractivity contribution in [2.24, 2.45) is 0 Å². The van der Waals surface area contributed by atoms with Gasteiger partial charge >= 0.3 is 0 Å². The van der Waals surface area contributed by atoms with Gasteiger partial charge in [0.15, 0.2) is 5.82 Å². The molecule has 0 spiro atoms. The molecule has 0 atom stereocenters. The molecule has 20 heavy (non-hydrogen) atoms. The molecule has 106 valence electrons. The molecular weight excluding hydrogens is 248 g/mol. The van der Waals surface area contributed by atoms with E-state index in [1.54, 1.807) is 6.20 Å². The topological polar surface area (TPSA) is 50.7 Å². The van der Waals surface area contributed by atoms with E-state index in [1.807, 2.05) is 24.7 Å². The van der Waals surface area contributed by atoms with Crippen LogP contribution in [0.3, 0.4) is 0 Å². The third-order valence-electron chi connectivity index (χ3n) is 3.05. The summed E-state index contributed by atoms with van der Waals surface area (Å²) < 4.78 is 0. The highest BCUT2D eigenvalue weighted by Crippen LogP contribution is 2.19. The SMILES string of the molecule is CCc1cnccc1-c1ncc(CNC(C)(C)C)cn1. The Bertz CT molecular complexity index is 555. The molecule has 0 bridgehead atoms. The number of hydrogen-bond donors (Lipinski definition) is 1. The van der Waals surface area contributed by atoms with Crippen molar-refractivity contribution in [3.63, 3.8) is 0 Å². The maximum atomic E-state index is 4.48. The van der Waals surface area contributed by atoms with Gasteiger partial charge in [0.1, 0.15) is 0 Å². The van der Waals surface area contributed by atoms with Gasteiger partial charge in [-0.25, -0.2) is 9.97 Å². The normalized spacial score (nSPS) is 11.6. The van der Waals surface area contributed by atoms with Crippen molar-refractivity contribution in [2.45, 2.75) is 46.2 Å². The molecule has 0 fully saturated rings. The summed E-state index contributed by atoms with van der Waals surface area (Å²) in [5, 5.41) is 3.43. The van der Waals surface area contributed by atoms with E-state index in [9.17, 15) is 0 Å². The summed E-state index contributed by atoms with van der Waals surface area (Å²) in [6.07, 6.45) is 8.38. The molecule has 0 aliphatic heterocycles. The Kier molecular flexibility index (Phi) is 4.45. The summed E-state index contributed by atoms with van der Waals surface area (Å²) in [4.78, 5) is 13.1. The van der Waals surface area contributed by atoms with E-state index in [4.69, 9.17) is 0 Å². The van der Waals surface area contributed by atoms with Gasteiger partial charge in [-0.2, -0.15) is 0 Å². The summed E-state index contributed by atoms with van der Waals surface area (Å²) in [7, 11) is 0. The van der Waals surface area contributed by atoms with Crippen LogP contribution in [0, 0.1) is 0 Å².